The number of ether oxygens (including phenoxy) is 1. The van der Waals surface area contributed by atoms with Crippen LogP contribution < -0.4 is 5.32 Å². The Bertz CT molecular complexity index is 1460. The summed E-state index contributed by atoms with van der Waals surface area (Å²) in [5.41, 5.74) is 0. The van der Waals surface area contributed by atoms with E-state index in [1.54, 1.807) is 0 Å². The summed E-state index contributed by atoms with van der Waals surface area (Å²) in [4.78, 5) is 37.6. The predicted molar refractivity (Wildman–Crippen MR) is 309 cm³/mol. The van der Waals surface area contributed by atoms with Crippen LogP contribution in [0.3, 0.4) is 0 Å². The SMILES string of the molecule is CC/C=C\C/C=C\C/C=C\C/C=C\C/C=C\CCCCCC(=O)OC(/C=C/CCCCCCCCCCCC)C(COP(=O)(O)OCC[N+](C)(C)C)NC(=O)CCCCCCCCCCCCCCCCC. The molecule has 0 rings (SSSR count). The summed E-state index contributed by atoms with van der Waals surface area (Å²) in [5, 5.41) is 3.04. The topological polar surface area (TPSA) is 111 Å². The van der Waals surface area contributed by atoms with E-state index in [4.69, 9.17) is 13.8 Å². The zero-order valence-corrected chi connectivity index (χ0v) is 48.6. The Hall–Kier alpha value is -2.55. The second kappa shape index (κ2) is 51.9. The van der Waals surface area contributed by atoms with Gasteiger partial charge in [0.25, 0.3) is 0 Å². The molecular formula is C62H114N2O7P+. The minimum absolute atomic E-state index is 0.0335. The summed E-state index contributed by atoms with van der Waals surface area (Å²) in [6.07, 6.45) is 66.1. The molecule has 0 aliphatic heterocycles. The average Bonchev–Trinajstić information content (AvgIpc) is 3.34. The average molecular weight is 1030 g/mol. The maximum absolute atomic E-state index is 13.5. The Morgan fingerprint density at radius 3 is 1.35 bits per heavy atom. The highest BCUT2D eigenvalue weighted by Gasteiger charge is 2.30. The highest BCUT2D eigenvalue weighted by molar-refractivity contribution is 7.47. The third-order valence-electron chi connectivity index (χ3n) is 12.9. The molecule has 0 heterocycles. The van der Waals surface area contributed by atoms with Gasteiger partial charge in [-0.05, 0) is 76.7 Å². The number of rotatable bonds is 53. The summed E-state index contributed by atoms with van der Waals surface area (Å²) in [6.45, 7) is 6.88. The van der Waals surface area contributed by atoms with Crippen molar-refractivity contribution in [1.82, 2.24) is 5.32 Å². The van der Waals surface area contributed by atoms with Gasteiger partial charge in [-0.2, -0.15) is 0 Å². The lowest BCUT2D eigenvalue weighted by molar-refractivity contribution is -0.870. The number of carbonyl (C=O) groups is 2. The number of allylic oxidation sites excluding steroid dienone is 11. The zero-order valence-electron chi connectivity index (χ0n) is 47.7. The molecule has 0 aromatic rings. The van der Waals surface area contributed by atoms with E-state index in [1.807, 2.05) is 33.3 Å². The lowest BCUT2D eigenvalue weighted by Crippen LogP contribution is -2.47. The van der Waals surface area contributed by atoms with Crippen LogP contribution in [-0.2, 0) is 27.9 Å². The van der Waals surface area contributed by atoms with E-state index in [-0.39, 0.29) is 31.5 Å². The van der Waals surface area contributed by atoms with Gasteiger partial charge in [0, 0.05) is 12.8 Å². The molecule has 418 valence electrons. The van der Waals surface area contributed by atoms with Crippen LogP contribution in [-0.4, -0.2) is 74.3 Å². The number of phosphoric acid groups is 1. The van der Waals surface area contributed by atoms with Crippen LogP contribution >= 0.6 is 7.82 Å². The van der Waals surface area contributed by atoms with Crippen LogP contribution in [0.4, 0.5) is 0 Å². The fourth-order valence-corrected chi connectivity index (χ4v) is 9.06. The molecule has 72 heavy (non-hydrogen) atoms. The maximum atomic E-state index is 13.5. The molecule has 0 bridgehead atoms. The monoisotopic (exact) mass is 1030 g/mol. The first-order valence-corrected chi connectivity index (χ1v) is 31.3. The lowest BCUT2D eigenvalue weighted by Gasteiger charge is -2.27. The Morgan fingerprint density at radius 2 is 0.889 bits per heavy atom. The Kier molecular flexibility index (Phi) is 50.1. The molecule has 0 aromatic heterocycles. The number of unbranched alkanes of at least 4 members (excludes halogenated alkanes) is 27. The fraction of sp³-hybridized carbons (Fsp3) is 0.774. The molecule has 0 saturated heterocycles. The second-order valence-electron chi connectivity index (χ2n) is 21.1. The van der Waals surface area contributed by atoms with Gasteiger partial charge in [-0.15, -0.1) is 0 Å². The van der Waals surface area contributed by atoms with E-state index >= 15 is 0 Å². The van der Waals surface area contributed by atoms with Crippen LogP contribution in [0.2, 0.25) is 0 Å². The molecule has 0 fully saturated rings. The van der Waals surface area contributed by atoms with Crippen molar-refractivity contribution in [2.75, 3.05) is 40.9 Å². The van der Waals surface area contributed by atoms with E-state index in [1.165, 1.54) is 128 Å². The third-order valence-corrected chi connectivity index (χ3v) is 13.9. The van der Waals surface area contributed by atoms with Crippen LogP contribution in [0, 0.1) is 0 Å². The molecule has 0 aliphatic carbocycles. The molecule has 0 aliphatic rings. The highest BCUT2D eigenvalue weighted by atomic mass is 31.2. The van der Waals surface area contributed by atoms with Gasteiger partial charge in [-0.1, -0.05) is 242 Å². The van der Waals surface area contributed by atoms with Crippen molar-refractivity contribution in [2.24, 2.45) is 0 Å². The summed E-state index contributed by atoms with van der Waals surface area (Å²) < 4.78 is 30.6. The van der Waals surface area contributed by atoms with E-state index in [2.05, 4.69) is 86.8 Å². The van der Waals surface area contributed by atoms with Gasteiger partial charge in [-0.25, -0.2) is 4.57 Å². The van der Waals surface area contributed by atoms with Crippen molar-refractivity contribution in [3.05, 3.63) is 72.9 Å². The van der Waals surface area contributed by atoms with Crippen molar-refractivity contribution in [2.45, 2.75) is 270 Å². The highest BCUT2D eigenvalue weighted by Crippen LogP contribution is 2.43. The maximum Gasteiger partial charge on any atom is 0.472 e. The molecule has 0 saturated carbocycles. The number of amides is 1. The van der Waals surface area contributed by atoms with Crippen molar-refractivity contribution in [3.8, 4) is 0 Å². The number of hydrogen-bond donors (Lipinski definition) is 2. The molecular weight excluding hydrogens is 916 g/mol. The quantitative estimate of drug-likeness (QED) is 0.0205. The molecule has 9 nitrogen and oxygen atoms in total. The van der Waals surface area contributed by atoms with Crippen LogP contribution in [0.1, 0.15) is 258 Å². The molecule has 3 atom stereocenters. The van der Waals surface area contributed by atoms with Crippen molar-refractivity contribution >= 4 is 19.7 Å². The standard InChI is InChI=1S/C62H113N2O7P/c1-7-10-13-16-19-22-25-28-30-31-32-33-35-37-40-43-46-49-52-55-62(66)71-60(53-50-47-44-41-38-27-24-21-18-15-12-9-3)59(58-70-72(67,68)69-57-56-64(4,5)6)63-61(65)54-51-48-45-42-39-36-34-29-26-23-20-17-14-11-8-2/h10,13,19,22,28,30,32-33,37,40,50,53,59-60H,7-9,11-12,14-18,20-21,23-27,29,31,34-36,38-39,41-49,51-52,54-58H2,1-6H3,(H-,63,65,67,68)/p+1/b13-10-,22-19-,30-28-,33-32-,40-37-,53-50+. The first-order valence-electron chi connectivity index (χ1n) is 29.8. The summed E-state index contributed by atoms with van der Waals surface area (Å²) in [6, 6.07) is -0.862. The van der Waals surface area contributed by atoms with Crippen molar-refractivity contribution in [1.29, 1.82) is 0 Å². The summed E-state index contributed by atoms with van der Waals surface area (Å²) in [7, 11) is 1.48. The van der Waals surface area contributed by atoms with Gasteiger partial charge >= 0.3 is 13.8 Å². The van der Waals surface area contributed by atoms with Crippen LogP contribution in [0.15, 0.2) is 72.9 Å². The van der Waals surface area contributed by atoms with Crippen LogP contribution in [0.25, 0.3) is 0 Å². The Balaban J connectivity index is 5.36. The van der Waals surface area contributed by atoms with Crippen molar-refractivity contribution in [3.63, 3.8) is 0 Å². The first kappa shape index (κ1) is 69.5. The van der Waals surface area contributed by atoms with Crippen molar-refractivity contribution < 1.29 is 37.3 Å². The summed E-state index contributed by atoms with van der Waals surface area (Å²) in [5.74, 6) is -0.539. The van der Waals surface area contributed by atoms with Gasteiger partial charge in [0.2, 0.25) is 5.91 Å². The van der Waals surface area contributed by atoms with Gasteiger partial charge < -0.3 is 19.4 Å². The smallest absolute Gasteiger partial charge is 0.456 e. The largest absolute Gasteiger partial charge is 0.472 e. The van der Waals surface area contributed by atoms with Gasteiger partial charge in [0.05, 0.1) is 33.8 Å². The molecule has 2 N–H and O–H groups in total. The lowest BCUT2D eigenvalue weighted by atomic mass is 10.0. The molecule has 10 heteroatoms. The van der Waals surface area contributed by atoms with Gasteiger partial charge in [0.15, 0.2) is 0 Å². The van der Waals surface area contributed by atoms with Crippen LogP contribution in [0.5, 0.6) is 0 Å². The number of hydrogen-bond acceptors (Lipinski definition) is 6. The number of carbonyl (C=O) groups excluding carboxylic acids is 2. The predicted octanol–water partition coefficient (Wildman–Crippen LogP) is 18.1. The number of esters is 1. The number of nitrogens with zero attached hydrogens (tertiary/aromatic N) is 1. The second-order valence-corrected chi connectivity index (χ2v) is 22.6. The Morgan fingerprint density at radius 1 is 0.500 bits per heavy atom. The number of quaternary nitrogens is 1. The third kappa shape index (κ3) is 52.3. The van der Waals surface area contributed by atoms with E-state index < -0.39 is 20.0 Å². The fourth-order valence-electron chi connectivity index (χ4n) is 8.32. The molecule has 0 aromatic carbocycles. The minimum Gasteiger partial charge on any atom is -0.456 e. The molecule has 0 radical (unpaired) electrons. The zero-order chi connectivity index (χ0) is 52.9. The van der Waals surface area contributed by atoms with E-state index in [0.717, 1.165) is 89.9 Å². The minimum atomic E-state index is -4.45. The van der Waals surface area contributed by atoms with E-state index in [0.29, 0.717) is 23.9 Å². The first-order chi connectivity index (χ1) is 34.9. The Labute approximate surface area is 444 Å². The number of phosphoric ester groups is 1. The van der Waals surface area contributed by atoms with Gasteiger partial charge in [-0.3, -0.25) is 18.6 Å². The normalized spacial score (nSPS) is 14.3. The number of likely N-dealkylation sites (N-methyl/N-ethyl adjacent to an activating group) is 1. The number of nitrogens with one attached hydrogen (secondary N) is 1. The van der Waals surface area contributed by atoms with E-state index in [9.17, 15) is 19.0 Å². The molecule has 1 amide bonds. The molecule has 3 unspecified atom stereocenters. The molecule has 0 spiro atoms. The van der Waals surface area contributed by atoms with Gasteiger partial charge in [0.1, 0.15) is 19.3 Å². The summed E-state index contributed by atoms with van der Waals surface area (Å²) >= 11 is 0.